The Morgan fingerprint density at radius 3 is 2.38 bits per heavy atom. The number of hydrogen-bond acceptors (Lipinski definition) is 1. The van der Waals surface area contributed by atoms with E-state index in [1.807, 2.05) is 0 Å². The number of alkyl halides is 3. The molecule has 0 aromatic heterocycles. The van der Waals surface area contributed by atoms with E-state index < -0.39 is 11.7 Å². The van der Waals surface area contributed by atoms with Gasteiger partial charge in [-0.2, -0.15) is 13.2 Å². The lowest BCUT2D eigenvalue weighted by molar-refractivity contribution is -0.138. The summed E-state index contributed by atoms with van der Waals surface area (Å²) in [6.45, 7) is 0. The Morgan fingerprint density at radius 1 is 1.31 bits per heavy atom. The molecule has 13 heavy (non-hydrogen) atoms. The van der Waals surface area contributed by atoms with Crippen LogP contribution in [0.15, 0.2) is 18.2 Å². The first-order valence-electron chi connectivity index (χ1n) is 3.27. The Morgan fingerprint density at radius 2 is 1.92 bits per heavy atom. The third kappa shape index (κ3) is 2.43. The molecular weight excluding hydrogens is 296 g/mol. The van der Waals surface area contributed by atoms with Gasteiger partial charge in [0, 0.05) is 9.13 Å². The van der Waals surface area contributed by atoms with Crippen LogP contribution >= 0.6 is 22.6 Å². The molecule has 0 aliphatic carbocycles. The van der Waals surface area contributed by atoms with Crippen LogP contribution in [-0.4, -0.2) is 6.29 Å². The van der Waals surface area contributed by atoms with E-state index in [2.05, 4.69) is 0 Å². The normalized spacial score (nSPS) is 11.4. The van der Waals surface area contributed by atoms with Gasteiger partial charge in [-0.25, -0.2) is 0 Å². The molecular formula is C8H4F3IO. The second-order valence-corrected chi connectivity index (χ2v) is 3.52. The van der Waals surface area contributed by atoms with E-state index in [9.17, 15) is 18.0 Å². The van der Waals surface area contributed by atoms with Crippen LogP contribution in [0.4, 0.5) is 13.2 Å². The third-order valence-electron chi connectivity index (χ3n) is 1.43. The highest BCUT2D eigenvalue weighted by Gasteiger charge is 2.32. The molecule has 1 aromatic rings. The third-order valence-corrected chi connectivity index (χ3v) is 2.37. The predicted octanol–water partition coefficient (Wildman–Crippen LogP) is 3.12. The molecule has 0 amide bonds. The molecule has 1 aromatic carbocycles. The molecule has 0 aliphatic heterocycles. The summed E-state index contributed by atoms with van der Waals surface area (Å²) in [6, 6.07) is 3.46. The molecule has 0 unspecified atom stereocenters. The summed E-state index contributed by atoms with van der Waals surface area (Å²) in [5, 5.41) is 0. The van der Waals surface area contributed by atoms with E-state index in [0.717, 1.165) is 6.07 Å². The van der Waals surface area contributed by atoms with Gasteiger partial charge < -0.3 is 0 Å². The van der Waals surface area contributed by atoms with Crippen LogP contribution in [0.25, 0.3) is 0 Å². The first kappa shape index (κ1) is 10.5. The zero-order valence-corrected chi connectivity index (χ0v) is 8.39. The van der Waals surface area contributed by atoms with Gasteiger partial charge in [-0.05, 0) is 34.7 Å². The molecule has 70 valence electrons. The van der Waals surface area contributed by atoms with Crippen molar-refractivity contribution in [2.45, 2.75) is 6.18 Å². The highest BCUT2D eigenvalue weighted by molar-refractivity contribution is 14.1. The largest absolute Gasteiger partial charge is 0.417 e. The summed E-state index contributed by atoms with van der Waals surface area (Å²) >= 11 is 1.58. The summed E-state index contributed by atoms with van der Waals surface area (Å²) in [7, 11) is 0. The van der Waals surface area contributed by atoms with E-state index in [-0.39, 0.29) is 9.13 Å². The van der Waals surface area contributed by atoms with Crippen molar-refractivity contribution in [2.75, 3.05) is 0 Å². The summed E-state index contributed by atoms with van der Waals surface area (Å²) < 4.78 is 36.8. The van der Waals surface area contributed by atoms with E-state index in [1.165, 1.54) is 12.1 Å². The van der Waals surface area contributed by atoms with Crippen molar-refractivity contribution in [3.05, 3.63) is 32.9 Å². The Kier molecular flexibility index (Phi) is 2.94. The molecule has 0 radical (unpaired) electrons. The molecule has 0 fully saturated rings. The monoisotopic (exact) mass is 300 g/mol. The van der Waals surface area contributed by atoms with Gasteiger partial charge in [-0.3, -0.25) is 4.79 Å². The standard InChI is InChI=1S/C8H4F3IO/c9-8(10,11)6-3-5(4-13)1-2-7(6)12/h1-4H. The van der Waals surface area contributed by atoms with Gasteiger partial charge in [-0.1, -0.05) is 6.07 Å². The number of carbonyl (C=O) groups is 1. The molecule has 0 aliphatic rings. The fraction of sp³-hybridized carbons (Fsp3) is 0.125. The fourth-order valence-electron chi connectivity index (χ4n) is 0.833. The van der Waals surface area contributed by atoms with Crippen LogP contribution in [0.3, 0.4) is 0 Å². The lowest BCUT2D eigenvalue weighted by Gasteiger charge is -2.08. The van der Waals surface area contributed by atoms with Gasteiger partial charge >= 0.3 is 6.18 Å². The molecule has 0 heterocycles. The van der Waals surface area contributed by atoms with Crippen molar-refractivity contribution in [2.24, 2.45) is 0 Å². The quantitative estimate of drug-likeness (QED) is 0.575. The number of rotatable bonds is 1. The molecule has 0 atom stereocenters. The molecule has 0 saturated carbocycles. The maximum Gasteiger partial charge on any atom is 0.417 e. The van der Waals surface area contributed by atoms with Gasteiger partial charge in [-0.15, -0.1) is 0 Å². The molecule has 0 N–H and O–H groups in total. The summed E-state index contributed by atoms with van der Waals surface area (Å²) in [5.74, 6) is 0. The minimum atomic E-state index is -4.39. The van der Waals surface area contributed by atoms with Crippen molar-refractivity contribution in [3.8, 4) is 0 Å². The zero-order chi connectivity index (χ0) is 10.1. The molecule has 1 rings (SSSR count). The minimum Gasteiger partial charge on any atom is -0.298 e. The van der Waals surface area contributed by atoms with Crippen LogP contribution in [0.1, 0.15) is 15.9 Å². The molecule has 0 spiro atoms. The van der Waals surface area contributed by atoms with Crippen LogP contribution in [0.5, 0.6) is 0 Å². The SMILES string of the molecule is O=Cc1ccc(I)c(C(F)(F)F)c1. The van der Waals surface area contributed by atoms with Gasteiger partial charge in [0.1, 0.15) is 6.29 Å². The number of benzene rings is 1. The maximum atomic E-state index is 12.2. The van der Waals surface area contributed by atoms with Crippen LogP contribution < -0.4 is 0 Å². The minimum absolute atomic E-state index is 0.0349. The van der Waals surface area contributed by atoms with Crippen molar-refractivity contribution >= 4 is 28.9 Å². The Labute approximate surface area is 86.1 Å². The Bertz CT molecular complexity index is 333. The number of aldehydes is 1. The number of carbonyl (C=O) groups excluding carboxylic acids is 1. The van der Waals surface area contributed by atoms with Crippen molar-refractivity contribution in [3.63, 3.8) is 0 Å². The summed E-state index contributed by atoms with van der Waals surface area (Å²) in [4.78, 5) is 10.2. The lowest BCUT2D eigenvalue weighted by Crippen LogP contribution is -2.07. The van der Waals surface area contributed by atoms with Gasteiger partial charge in [0.25, 0.3) is 0 Å². The second kappa shape index (κ2) is 3.65. The van der Waals surface area contributed by atoms with Crippen LogP contribution in [0.2, 0.25) is 0 Å². The van der Waals surface area contributed by atoms with Gasteiger partial charge in [0.2, 0.25) is 0 Å². The summed E-state index contributed by atoms with van der Waals surface area (Å²) in [6.07, 6.45) is -4.00. The highest BCUT2D eigenvalue weighted by atomic mass is 127. The van der Waals surface area contributed by atoms with Gasteiger partial charge in [0.15, 0.2) is 0 Å². The van der Waals surface area contributed by atoms with Crippen LogP contribution in [-0.2, 0) is 6.18 Å². The average Bonchev–Trinajstić information content (AvgIpc) is 2.03. The van der Waals surface area contributed by atoms with Crippen molar-refractivity contribution in [1.29, 1.82) is 0 Å². The fourth-order valence-corrected chi connectivity index (χ4v) is 1.47. The van der Waals surface area contributed by atoms with Crippen molar-refractivity contribution in [1.82, 2.24) is 0 Å². The molecule has 1 nitrogen and oxygen atoms in total. The number of halogens is 4. The molecule has 0 bridgehead atoms. The first-order valence-corrected chi connectivity index (χ1v) is 4.35. The van der Waals surface area contributed by atoms with Crippen LogP contribution in [0, 0.1) is 3.57 Å². The Hall–Kier alpha value is -0.590. The second-order valence-electron chi connectivity index (χ2n) is 2.35. The maximum absolute atomic E-state index is 12.2. The van der Waals surface area contributed by atoms with E-state index >= 15 is 0 Å². The first-order chi connectivity index (χ1) is 5.95. The molecule has 5 heteroatoms. The highest BCUT2D eigenvalue weighted by Crippen LogP contribution is 2.32. The van der Waals surface area contributed by atoms with Crippen molar-refractivity contribution < 1.29 is 18.0 Å². The lowest BCUT2D eigenvalue weighted by atomic mass is 10.1. The average molecular weight is 300 g/mol. The van der Waals surface area contributed by atoms with E-state index in [4.69, 9.17) is 0 Å². The Balaban J connectivity index is 3.27. The van der Waals surface area contributed by atoms with E-state index in [1.54, 1.807) is 22.6 Å². The number of hydrogen-bond donors (Lipinski definition) is 0. The van der Waals surface area contributed by atoms with Gasteiger partial charge in [0.05, 0.1) is 5.56 Å². The van der Waals surface area contributed by atoms with E-state index in [0.29, 0.717) is 6.29 Å². The molecule has 0 saturated heterocycles. The summed E-state index contributed by atoms with van der Waals surface area (Å²) in [5.41, 5.74) is -0.731. The zero-order valence-electron chi connectivity index (χ0n) is 6.23. The predicted molar refractivity (Wildman–Crippen MR) is 49.5 cm³/mol. The topological polar surface area (TPSA) is 17.1 Å². The smallest absolute Gasteiger partial charge is 0.298 e.